The first-order valence-corrected chi connectivity index (χ1v) is 24.3. The number of halogens is 4. The lowest BCUT2D eigenvalue weighted by molar-refractivity contribution is -0.181. The Balaban J connectivity index is 1.27. The van der Waals surface area contributed by atoms with Crippen LogP contribution in [0.2, 0.25) is 0 Å². The highest BCUT2D eigenvalue weighted by Crippen LogP contribution is 2.32. The number of allylic oxidation sites excluding steroid dienone is 2. The molecule has 1 aromatic carbocycles. The molecular formula is C43H66F4N6O19S. The number of amides is 2. The highest BCUT2D eigenvalue weighted by molar-refractivity contribution is 7.85. The fourth-order valence-electron chi connectivity index (χ4n) is 5.47. The molecule has 1 aliphatic rings. The van der Waals surface area contributed by atoms with Crippen LogP contribution >= 0.6 is 0 Å². The molecule has 0 fully saturated rings. The first-order chi connectivity index (χ1) is 35.1. The Labute approximate surface area is 419 Å². The van der Waals surface area contributed by atoms with E-state index >= 15 is 0 Å². The van der Waals surface area contributed by atoms with E-state index in [1.807, 2.05) is 6.92 Å². The van der Waals surface area contributed by atoms with Gasteiger partial charge in [0.2, 0.25) is 17.4 Å². The van der Waals surface area contributed by atoms with Crippen LogP contribution in [-0.4, -0.2) is 206 Å². The van der Waals surface area contributed by atoms with Crippen LogP contribution in [0.3, 0.4) is 0 Å². The Morgan fingerprint density at radius 3 is 1.49 bits per heavy atom. The molecule has 0 spiro atoms. The number of nitrogens with zero attached hydrogens (tertiary/aromatic N) is 2. The Morgan fingerprint density at radius 2 is 1.10 bits per heavy atom. The molecule has 0 aromatic heterocycles. The van der Waals surface area contributed by atoms with Crippen LogP contribution in [0.15, 0.2) is 32.9 Å². The maximum atomic E-state index is 14.0. The van der Waals surface area contributed by atoms with Gasteiger partial charge in [-0.25, -0.2) is 23.6 Å². The van der Waals surface area contributed by atoms with E-state index in [4.69, 9.17) is 78.4 Å². The molecule has 0 saturated heterocycles. The SMILES string of the molecule is CCCN(OCCNC(=O)OCCOCCOCCOCCOCCOCCOCCOCCOCCOCCOCCC(=O)Oc1c(F)c(F)c(S(=O)(=O)O)c(F)c1F)C(=O)C1=CC(N)=C(C=N)N=C(N)C1. The molecule has 73 heavy (non-hydrogen) atoms. The number of alkyl carbamates (subject to hydrolysis) is 1. The maximum Gasteiger partial charge on any atom is 0.407 e. The van der Waals surface area contributed by atoms with E-state index in [-0.39, 0.29) is 95.2 Å². The number of rotatable bonds is 43. The van der Waals surface area contributed by atoms with Gasteiger partial charge in [0.15, 0.2) is 16.5 Å². The molecule has 1 aliphatic heterocycles. The molecular weight excluding hydrogens is 1010 g/mol. The van der Waals surface area contributed by atoms with Gasteiger partial charge < -0.3 is 79.0 Å². The first kappa shape index (κ1) is 64.2. The van der Waals surface area contributed by atoms with Crippen LogP contribution < -0.4 is 21.5 Å². The van der Waals surface area contributed by atoms with Crippen LogP contribution in [-0.2, 0) is 76.7 Å². The van der Waals surface area contributed by atoms with Gasteiger partial charge in [0, 0.05) is 31.3 Å². The van der Waals surface area contributed by atoms with Gasteiger partial charge in [-0.2, -0.15) is 17.2 Å². The molecule has 0 bridgehead atoms. The number of esters is 1. The lowest BCUT2D eigenvalue weighted by Gasteiger charge is -2.22. The fraction of sp³-hybridized carbons (Fsp3) is 0.651. The van der Waals surface area contributed by atoms with Gasteiger partial charge in [0.1, 0.15) is 18.1 Å². The Kier molecular flexibility index (Phi) is 33.9. The number of hydrogen-bond donors (Lipinski definition) is 5. The second-order valence-electron chi connectivity index (χ2n) is 14.5. The van der Waals surface area contributed by atoms with Crippen molar-refractivity contribution >= 4 is 40.1 Å². The predicted octanol–water partition coefficient (Wildman–Crippen LogP) is 1.35. The highest BCUT2D eigenvalue weighted by atomic mass is 32.2. The van der Waals surface area contributed by atoms with Gasteiger partial charge in [-0.15, -0.1) is 0 Å². The van der Waals surface area contributed by atoms with Crippen molar-refractivity contribution in [2.24, 2.45) is 16.5 Å². The quantitative estimate of drug-likeness (QED) is 0.00901. The monoisotopic (exact) mass is 1080 g/mol. The number of ether oxygens (including phenoxy) is 12. The van der Waals surface area contributed by atoms with Crippen LogP contribution in [0.1, 0.15) is 26.2 Å². The predicted molar refractivity (Wildman–Crippen MR) is 246 cm³/mol. The largest absolute Gasteiger partial charge is 0.447 e. The number of nitrogens with two attached hydrogens (primary N) is 2. The lowest BCUT2D eigenvalue weighted by atomic mass is 10.1. The summed E-state index contributed by atoms with van der Waals surface area (Å²) in [5.41, 5.74) is 12.4. The minimum Gasteiger partial charge on any atom is -0.447 e. The van der Waals surface area contributed by atoms with E-state index in [9.17, 15) is 40.4 Å². The Morgan fingerprint density at radius 1 is 0.685 bits per heavy atom. The van der Waals surface area contributed by atoms with Crippen molar-refractivity contribution < 1.29 is 107 Å². The number of hydroxylamine groups is 2. The third kappa shape index (κ3) is 27.8. The van der Waals surface area contributed by atoms with Crippen LogP contribution in [0.25, 0.3) is 0 Å². The molecule has 0 atom stereocenters. The standard InChI is InChI=1S/C43H66F4N6O19S/c1-2-5-53(42(55)31-28-32(49)33(30-48)52-34(50)29-31)71-7-4-51-43(56)70-27-26-69-25-24-68-23-22-67-21-20-66-19-18-65-17-16-64-15-14-63-13-12-62-11-10-61-9-8-60-6-3-35(54)72-40-36(44)38(46)41(73(57,58)59)39(47)37(40)45/h28,30,48H,2-27,29,49H2,1H3,(H2,50,52)(H,51,56)(H,57,58,59). The van der Waals surface area contributed by atoms with Crippen molar-refractivity contribution in [1.29, 1.82) is 5.41 Å². The lowest BCUT2D eigenvalue weighted by Crippen LogP contribution is -2.37. The summed E-state index contributed by atoms with van der Waals surface area (Å²) in [5.74, 6) is -13.0. The van der Waals surface area contributed by atoms with E-state index in [1.165, 1.54) is 11.1 Å². The molecule has 2 amide bonds. The summed E-state index contributed by atoms with van der Waals surface area (Å²) in [6.07, 6.45) is 1.77. The van der Waals surface area contributed by atoms with Gasteiger partial charge in [-0.05, 0) is 12.5 Å². The zero-order chi connectivity index (χ0) is 53.7. The maximum absolute atomic E-state index is 14.0. The minimum atomic E-state index is -5.65. The molecule has 2 rings (SSSR count). The molecule has 1 aromatic rings. The van der Waals surface area contributed by atoms with Crippen LogP contribution in [0.4, 0.5) is 22.4 Å². The molecule has 0 radical (unpaired) electrons. The van der Waals surface area contributed by atoms with Crippen molar-refractivity contribution in [3.8, 4) is 5.75 Å². The number of amidine groups is 1. The average molecular weight is 1080 g/mol. The van der Waals surface area contributed by atoms with Crippen LogP contribution in [0, 0.1) is 28.7 Å². The van der Waals surface area contributed by atoms with Crippen molar-refractivity contribution in [2.45, 2.75) is 31.1 Å². The van der Waals surface area contributed by atoms with E-state index in [0.29, 0.717) is 98.9 Å². The minimum absolute atomic E-state index is 0.00407. The summed E-state index contributed by atoms with van der Waals surface area (Å²) in [6.45, 7) is 7.73. The molecule has 7 N–H and O–H groups in total. The number of carbonyl (C=O) groups excluding carboxylic acids is 3. The summed E-state index contributed by atoms with van der Waals surface area (Å²) in [5, 5.41) is 11.1. The van der Waals surface area contributed by atoms with Crippen molar-refractivity contribution in [3.05, 3.63) is 46.3 Å². The molecule has 30 heteroatoms. The van der Waals surface area contributed by atoms with E-state index in [0.717, 1.165) is 6.21 Å². The van der Waals surface area contributed by atoms with Gasteiger partial charge in [0.25, 0.3) is 5.91 Å². The number of nitrogens with one attached hydrogen (secondary N) is 2. The number of hydrogen-bond acceptors (Lipinski definition) is 22. The second kappa shape index (κ2) is 38.6. The molecule has 416 valence electrons. The van der Waals surface area contributed by atoms with Crippen molar-refractivity contribution in [2.75, 3.05) is 158 Å². The average Bonchev–Trinajstić information content (AvgIpc) is 3.50. The van der Waals surface area contributed by atoms with E-state index in [2.05, 4.69) is 15.0 Å². The van der Waals surface area contributed by atoms with Gasteiger partial charge in [0.05, 0.1) is 151 Å². The second-order valence-corrected chi connectivity index (χ2v) is 15.8. The number of carbonyl (C=O) groups is 3. The highest BCUT2D eigenvalue weighted by Gasteiger charge is 2.34. The summed E-state index contributed by atoms with van der Waals surface area (Å²) in [6, 6.07) is 0. The molecule has 1 heterocycles. The smallest absolute Gasteiger partial charge is 0.407 e. The molecule has 25 nitrogen and oxygen atoms in total. The molecule has 0 aliphatic carbocycles. The van der Waals surface area contributed by atoms with E-state index in [1.54, 1.807) is 0 Å². The molecule has 0 unspecified atom stereocenters. The normalized spacial score (nSPS) is 12.8. The zero-order valence-corrected chi connectivity index (χ0v) is 41.3. The molecule has 0 saturated carbocycles. The van der Waals surface area contributed by atoms with Gasteiger partial charge in [-0.3, -0.25) is 19.0 Å². The Hall–Kier alpha value is -4.96. The number of aliphatic imine (C=N–C) groups is 1. The van der Waals surface area contributed by atoms with Crippen molar-refractivity contribution in [1.82, 2.24) is 10.4 Å². The van der Waals surface area contributed by atoms with Crippen molar-refractivity contribution in [3.63, 3.8) is 0 Å². The third-order valence-electron chi connectivity index (χ3n) is 8.86. The van der Waals surface area contributed by atoms with E-state index < -0.39 is 68.4 Å². The summed E-state index contributed by atoms with van der Waals surface area (Å²) in [7, 11) is -5.65. The number of benzene rings is 1. The third-order valence-corrected chi connectivity index (χ3v) is 9.73. The first-order valence-electron chi connectivity index (χ1n) is 22.8. The summed E-state index contributed by atoms with van der Waals surface area (Å²) < 4.78 is 150. The topological polar surface area (TPSA) is 329 Å². The Bertz CT molecular complexity index is 2010. The zero-order valence-electron chi connectivity index (χ0n) is 40.5. The van der Waals surface area contributed by atoms with Gasteiger partial charge >= 0.3 is 22.2 Å². The summed E-state index contributed by atoms with van der Waals surface area (Å²) in [4.78, 5) is 44.2. The van der Waals surface area contributed by atoms with Gasteiger partial charge in [-0.1, -0.05) is 6.92 Å². The fourth-order valence-corrected chi connectivity index (χ4v) is 6.10. The van der Waals surface area contributed by atoms with Crippen LogP contribution in [0.5, 0.6) is 5.75 Å². The summed E-state index contributed by atoms with van der Waals surface area (Å²) >= 11 is 0.